The van der Waals surface area contributed by atoms with Crippen molar-refractivity contribution in [2.24, 2.45) is 23.7 Å². The van der Waals surface area contributed by atoms with Crippen LogP contribution in [0.5, 0.6) is 0 Å². The highest BCUT2D eigenvalue weighted by Gasteiger charge is 2.48. The summed E-state index contributed by atoms with van der Waals surface area (Å²) in [5, 5.41) is 8.79. The van der Waals surface area contributed by atoms with E-state index in [4.69, 9.17) is 5.11 Å². The highest BCUT2D eigenvalue weighted by Crippen LogP contribution is 2.54. The number of hydrogen-bond acceptors (Lipinski definition) is 2. The number of nitrogens with zero attached hydrogens (tertiary/aromatic N) is 1. The molecule has 2 fully saturated rings. The molecule has 16 heavy (non-hydrogen) atoms. The number of carboxylic acids is 1. The summed E-state index contributed by atoms with van der Waals surface area (Å²) in [6.07, 6.45) is 3.35. The molecule has 0 aromatic carbocycles. The Balaban J connectivity index is 1.82. The van der Waals surface area contributed by atoms with Gasteiger partial charge in [-0.1, -0.05) is 6.92 Å². The fourth-order valence-electron chi connectivity index (χ4n) is 2.81. The molecule has 1 N–H and O–H groups in total. The van der Waals surface area contributed by atoms with Crippen LogP contribution < -0.4 is 0 Å². The molecule has 4 heteroatoms. The van der Waals surface area contributed by atoms with Crippen LogP contribution in [0.2, 0.25) is 0 Å². The van der Waals surface area contributed by atoms with Crippen LogP contribution in [0.1, 0.15) is 26.2 Å². The average molecular weight is 225 g/mol. The fourth-order valence-corrected chi connectivity index (χ4v) is 2.81. The molecule has 2 aliphatic carbocycles. The Kier molecular flexibility index (Phi) is 2.91. The summed E-state index contributed by atoms with van der Waals surface area (Å²) in [6.45, 7) is 1.96. The molecule has 0 spiro atoms. The van der Waals surface area contributed by atoms with Crippen molar-refractivity contribution in [2.45, 2.75) is 26.2 Å². The van der Waals surface area contributed by atoms with Crippen molar-refractivity contribution in [3.8, 4) is 0 Å². The van der Waals surface area contributed by atoms with Gasteiger partial charge in [0, 0.05) is 19.5 Å². The Morgan fingerprint density at radius 1 is 1.31 bits per heavy atom. The van der Waals surface area contributed by atoms with E-state index in [9.17, 15) is 9.59 Å². The van der Waals surface area contributed by atoms with Crippen molar-refractivity contribution in [1.82, 2.24) is 4.90 Å². The monoisotopic (exact) mass is 225 g/mol. The Labute approximate surface area is 95.6 Å². The van der Waals surface area contributed by atoms with E-state index < -0.39 is 11.9 Å². The zero-order valence-corrected chi connectivity index (χ0v) is 9.85. The number of aliphatic carboxylic acids is 1. The molecule has 2 rings (SSSR count). The topological polar surface area (TPSA) is 57.6 Å². The van der Waals surface area contributed by atoms with Gasteiger partial charge in [-0.05, 0) is 31.1 Å². The first-order valence-corrected chi connectivity index (χ1v) is 5.96. The van der Waals surface area contributed by atoms with E-state index in [0.29, 0.717) is 6.54 Å². The SMILES string of the molecule is CC(CN(C)C(=O)C1CC2CC2C1)C(=O)O. The van der Waals surface area contributed by atoms with Gasteiger partial charge in [-0.15, -0.1) is 0 Å². The first kappa shape index (κ1) is 11.4. The summed E-state index contributed by atoms with van der Waals surface area (Å²) in [7, 11) is 1.71. The molecule has 0 aromatic heterocycles. The maximum atomic E-state index is 12.0. The first-order valence-electron chi connectivity index (χ1n) is 5.96. The number of hydrogen-bond donors (Lipinski definition) is 1. The van der Waals surface area contributed by atoms with Crippen LogP contribution in [0, 0.1) is 23.7 Å². The van der Waals surface area contributed by atoms with Gasteiger partial charge >= 0.3 is 5.97 Å². The van der Waals surface area contributed by atoms with Gasteiger partial charge in [0.2, 0.25) is 5.91 Å². The molecule has 4 nitrogen and oxygen atoms in total. The first-order chi connectivity index (χ1) is 7.49. The lowest BCUT2D eigenvalue weighted by Gasteiger charge is -2.23. The lowest BCUT2D eigenvalue weighted by atomic mass is 10.0. The second-order valence-electron chi connectivity index (χ2n) is 5.38. The van der Waals surface area contributed by atoms with Crippen LogP contribution in [0.3, 0.4) is 0 Å². The van der Waals surface area contributed by atoms with Gasteiger partial charge < -0.3 is 10.0 Å². The van der Waals surface area contributed by atoms with Crippen LogP contribution in [0.25, 0.3) is 0 Å². The maximum Gasteiger partial charge on any atom is 0.308 e. The summed E-state index contributed by atoms with van der Waals surface area (Å²) in [5.41, 5.74) is 0. The van der Waals surface area contributed by atoms with E-state index in [2.05, 4.69) is 0 Å². The zero-order valence-electron chi connectivity index (χ0n) is 9.85. The quantitative estimate of drug-likeness (QED) is 0.782. The zero-order chi connectivity index (χ0) is 11.9. The minimum Gasteiger partial charge on any atom is -0.481 e. The molecule has 90 valence electrons. The predicted molar refractivity (Wildman–Crippen MR) is 58.8 cm³/mol. The molecular formula is C12H19NO3. The van der Waals surface area contributed by atoms with Crippen molar-refractivity contribution in [3.63, 3.8) is 0 Å². The van der Waals surface area contributed by atoms with Crippen LogP contribution in [-0.2, 0) is 9.59 Å². The predicted octanol–water partition coefficient (Wildman–Crippen LogP) is 1.21. The number of carboxylic acid groups (broad SMARTS) is 1. The van der Waals surface area contributed by atoms with E-state index in [0.717, 1.165) is 24.7 Å². The van der Waals surface area contributed by atoms with E-state index in [1.807, 2.05) is 0 Å². The summed E-state index contributed by atoms with van der Waals surface area (Å²) in [5.74, 6) is 0.562. The van der Waals surface area contributed by atoms with Crippen molar-refractivity contribution in [2.75, 3.05) is 13.6 Å². The van der Waals surface area contributed by atoms with Crippen molar-refractivity contribution >= 4 is 11.9 Å². The van der Waals surface area contributed by atoms with Gasteiger partial charge in [-0.25, -0.2) is 0 Å². The standard InChI is InChI=1S/C12H19NO3/c1-7(12(15)16)6-13(2)11(14)10-4-8-3-9(8)5-10/h7-10H,3-6H2,1-2H3,(H,15,16). The Hall–Kier alpha value is -1.06. The number of rotatable bonds is 4. The summed E-state index contributed by atoms with van der Waals surface area (Å²) in [4.78, 5) is 24.3. The maximum absolute atomic E-state index is 12.0. The van der Waals surface area contributed by atoms with Gasteiger partial charge in [-0.3, -0.25) is 9.59 Å². The highest BCUT2D eigenvalue weighted by molar-refractivity contribution is 5.80. The number of carbonyl (C=O) groups excluding carboxylic acids is 1. The van der Waals surface area contributed by atoms with Crippen LogP contribution in [-0.4, -0.2) is 35.5 Å². The second kappa shape index (κ2) is 4.07. The van der Waals surface area contributed by atoms with Crippen LogP contribution >= 0.6 is 0 Å². The van der Waals surface area contributed by atoms with Crippen molar-refractivity contribution in [3.05, 3.63) is 0 Å². The third-order valence-corrected chi connectivity index (χ3v) is 3.94. The summed E-state index contributed by atoms with van der Waals surface area (Å²) >= 11 is 0. The smallest absolute Gasteiger partial charge is 0.308 e. The van der Waals surface area contributed by atoms with Crippen molar-refractivity contribution < 1.29 is 14.7 Å². The molecule has 3 atom stereocenters. The average Bonchev–Trinajstić information content (AvgIpc) is 2.84. The lowest BCUT2D eigenvalue weighted by Crippen LogP contribution is -2.37. The molecule has 0 radical (unpaired) electrons. The molecule has 0 aromatic rings. The minimum atomic E-state index is -0.839. The molecular weight excluding hydrogens is 206 g/mol. The van der Waals surface area contributed by atoms with Crippen LogP contribution in [0.15, 0.2) is 0 Å². The molecule has 0 bridgehead atoms. The Bertz CT molecular complexity index is 305. The fraction of sp³-hybridized carbons (Fsp3) is 0.833. The Morgan fingerprint density at radius 3 is 2.38 bits per heavy atom. The van der Waals surface area contributed by atoms with Gasteiger partial charge in [0.05, 0.1) is 5.92 Å². The Morgan fingerprint density at radius 2 is 1.88 bits per heavy atom. The highest BCUT2D eigenvalue weighted by atomic mass is 16.4. The third kappa shape index (κ3) is 2.20. The van der Waals surface area contributed by atoms with E-state index in [-0.39, 0.29) is 11.8 Å². The van der Waals surface area contributed by atoms with Crippen molar-refractivity contribution in [1.29, 1.82) is 0 Å². The summed E-state index contributed by atoms with van der Waals surface area (Å²) in [6, 6.07) is 0. The number of carbonyl (C=O) groups is 2. The van der Waals surface area contributed by atoms with Gasteiger partial charge in [-0.2, -0.15) is 0 Å². The van der Waals surface area contributed by atoms with E-state index in [1.165, 1.54) is 6.42 Å². The summed E-state index contributed by atoms with van der Waals surface area (Å²) < 4.78 is 0. The van der Waals surface area contributed by atoms with E-state index >= 15 is 0 Å². The third-order valence-electron chi connectivity index (χ3n) is 3.94. The van der Waals surface area contributed by atoms with E-state index in [1.54, 1.807) is 18.9 Å². The van der Waals surface area contributed by atoms with Gasteiger partial charge in [0.1, 0.15) is 0 Å². The van der Waals surface area contributed by atoms with Gasteiger partial charge in [0.25, 0.3) is 0 Å². The number of amides is 1. The second-order valence-corrected chi connectivity index (χ2v) is 5.38. The molecule has 0 heterocycles. The van der Waals surface area contributed by atoms with Crippen LogP contribution in [0.4, 0.5) is 0 Å². The number of fused-ring (bicyclic) bond motifs is 1. The normalized spacial score (nSPS) is 33.0. The molecule has 2 saturated carbocycles. The lowest BCUT2D eigenvalue weighted by molar-refractivity contribution is -0.143. The molecule has 3 unspecified atom stereocenters. The molecule has 0 aliphatic heterocycles. The minimum absolute atomic E-state index is 0.139. The molecule has 1 amide bonds. The van der Waals surface area contributed by atoms with Gasteiger partial charge in [0.15, 0.2) is 0 Å². The molecule has 0 saturated heterocycles. The largest absolute Gasteiger partial charge is 0.481 e. The molecule has 2 aliphatic rings.